The Kier molecular flexibility index (Phi) is 3.27. The monoisotopic (exact) mass is 301 g/mol. The molecule has 0 amide bonds. The minimum Gasteiger partial charge on any atom is -0.379 e. The highest BCUT2D eigenvalue weighted by Gasteiger charge is 2.64. The van der Waals surface area contributed by atoms with Gasteiger partial charge in [0.25, 0.3) is 0 Å². The van der Waals surface area contributed by atoms with Crippen LogP contribution in [0.4, 0.5) is 0 Å². The van der Waals surface area contributed by atoms with Crippen molar-refractivity contribution in [3.8, 4) is 0 Å². The first-order valence-electron chi connectivity index (χ1n) is 7.38. The van der Waals surface area contributed by atoms with Crippen LogP contribution < -0.4 is 0 Å². The lowest BCUT2D eigenvalue weighted by atomic mass is 9.69. The molecular formula is C14H23NO4S. The van der Waals surface area contributed by atoms with E-state index in [9.17, 15) is 13.2 Å². The molecule has 0 aromatic carbocycles. The molecule has 1 heterocycles. The van der Waals surface area contributed by atoms with Gasteiger partial charge in [0.15, 0.2) is 5.78 Å². The molecule has 0 radical (unpaired) electrons. The number of carbonyl (C=O) groups is 1. The van der Waals surface area contributed by atoms with Crippen molar-refractivity contribution in [3.63, 3.8) is 0 Å². The van der Waals surface area contributed by atoms with Crippen LogP contribution >= 0.6 is 0 Å². The zero-order chi connectivity index (χ0) is 14.7. The zero-order valence-corrected chi connectivity index (χ0v) is 13.1. The van der Waals surface area contributed by atoms with E-state index < -0.39 is 15.3 Å². The maximum absolute atomic E-state index is 12.8. The number of ketones is 1. The molecule has 0 spiro atoms. The molecule has 114 valence electrons. The van der Waals surface area contributed by atoms with Crippen molar-refractivity contribution < 1.29 is 17.9 Å². The molecule has 5 nitrogen and oxygen atoms in total. The van der Waals surface area contributed by atoms with Gasteiger partial charge in [-0.05, 0) is 23.7 Å². The molecule has 0 N–H and O–H groups in total. The van der Waals surface area contributed by atoms with Gasteiger partial charge in [0, 0.05) is 19.0 Å². The summed E-state index contributed by atoms with van der Waals surface area (Å²) in [5.74, 6) is 0.114. The summed E-state index contributed by atoms with van der Waals surface area (Å²) in [4.78, 5) is 12.5. The zero-order valence-electron chi connectivity index (χ0n) is 12.3. The molecule has 6 heteroatoms. The summed E-state index contributed by atoms with van der Waals surface area (Å²) in [6.07, 6.45) is 0.737. The number of carbonyl (C=O) groups excluding carboxylic acids is 1. The summed E-state index contributed by atoms with van der Waals surface area (Å²) >= 11 is 0. The molecule has 4 atom stereocenters. The topological polar surface area (TPSA) is 63.7 Å². The van der Waals surface area contributed by atoms with E-state index in [1.165, 1.54) is 4.31 Å². The number of Topliss-reactive ketones (excluding diaryl/α,β-unsaturated/α-hetero) is 1. The molecular weight excluding hydrogens is 278 g/mol. The van der Waals surface area contributed by atoms with Crippen molar-refractivity contribution in [2.75, 3.05) is 26.3 Å². The fraction of sp³-hybridized carbons (Fsp3) is 0.929. The van der Waals surface area contributed by atoms with Gasteiger partial charge in [0.05, 0.1) is 13.2 Å². The summed E-state index contributed by atoms with van der Waals surface area (Å²) < 4.78 is 32.3. The van der Waals surface area contributed by atoms with E-state index in [0.29, 0.717) is 26.3 Å². The Hall–Kier alpha value is -0.460. The van der Waals surface area contributed by atoms with Gasteiger partial charge in [-0.2, -0.15) is 4.31 Å². The number of nitrogens with zero attached hydrogens (tertiary/aromatic N) is 1. The molecule has 0 aromatic rings. The van der Waals surface area contributed by atoms with Crippen molar-refractivity contribution in [1.29, 1.82) is 0 Å². The van der Waals surface area contributed by atoms with Gasteiger partial charge in [-0.15, -0.1) is 0 Å². The summed E-state index contributed by atoms with van der Waals surface area (Å²) in [7, 11) is -3.53. The van der Waals surface area contributed by atoms with E-state index in [2.05, 4.69) is 20.8 Å². The minimum atomic E-state index is -3.53. The van der Waals surface area contributed by atoms with Gasteiger partial charge in [-0.25, -0.2) is 8.42 Å². The van der Waals surface area contributed by atoms with E-state index in [-0.39, 0.29) is 29.0 Å². The Labute approximate surface area is 120 Å². The molecule has 0 unspecified atom stereocenters. The highest BCUT2D eigenvalue weighted by Crippen LogP contribution is 2.59. The number of rotatable bonds is 2. The van der Waals surface area contributed by atoms with Crippen LogP contribution in [0.5, 0.6) is 0 Å². The van der Waals surface area contributed by atoms with E-state index in [4.69, 9.17) is 4.74 Å². The maximum atomic E-state index is 12.8. The van der Waals surface area contributed by atoms with Gasteiger partial charge in [-0.1, -0.05) is 20.8 Å². The van der Waals surface area contributed by atoms with Gasteiger partial charge in [-0.3, -0.25) is 4.79 Å². The normalized spacial score (nSPS) is 41.2. The van der Waals surface area contributed by atoms with Crippen molar-refractivity contribution in [2.45, 2.75) is 32.4 Å². The van der Waals surface area contributed by atoms with Crippen LogP contribution in [0, 0.1) is 23.2 Å². The number of fused-ring (bicyclic) bond motifs is 2. The number of sulfonamides is 1. The molecule has 0 aromatic heterocycles. The Balaban J connectivity index is 1.93. The fourth-order valence-electron chi connectivity index (χ4n) is 4.24. The Morgan fingerprint density at radius 2 is 1.85 bits per heavy atom. The lowest BCUT2D eigenvalue weighted by Gasteiger charge is -2.41. The second kappa shape index (κ2) is 4.52. The predicted molar refractivity (Wildman–Crippen MR) is 74.6 cm³/mol. The van der Waals surface area contributed by atoms with Gasteiger partial charge < -0.3 is 4.74 Å². The molecule has 3 fully saturated rings. The van der Waals surface area contributed by atoms with Crippen LogP contribution in [0.2, 0.25) is 0 Å². The Morgan fingerprint density at radius 3 is 2.40 bits per heavy atom. The molecule has 1 saturated heterocycles. The summed E-state index contributed by atoms with van der Waals surface area (Å²) in [5.41, 5.74) is -0.0808. The number of ether oxygens (including phenoxy) is 1. The smallest absolute Gasteiger partial charge is 0.224 e. The molecule has 2 aliphatic carbocycles. The Morgan fingerprint density at radius 1 is 1.25 bits per heavy atom. The number of morpholine rings is 1. The highest BCUT2D eigenvalue weighted by molar-refractivity contribution is 7.90. The van der Waals surface area contributed by atoms with Crippen molar-refractivity contribution in [3.05, 3.63) is 0 Å². The first-order valence-corrected chi connectivity index (χ1v) is 8.88. The van der Waals surface area contributed by atoms with Crippen LogP contribution in [-0.4, -0.2) is 50.1 Å². The average molecular weight is 301 g/mol. The average Bonchev–Trinajstić information content (AvgIpc) is 2.86. The van der Waals surface area contributed by atoms with Crippen LogP contribution in [-0.2, 0) is 19.6 Å². The molecule has 2 saturated carbocycles. The third kappa shape index (κ3) is 1.81. The number of hydrogen-bond acceptors (Lipinski definition) is 4. The van der Waals surface area contributed by atoms with E-state index in [0.717, 1.165) is 6.42 Å². The molecule has 1 aliphatic heterocycles. The third-order valence-corrected chi connectivity index (χ3v) is 8.19. The van der Waals surface area contributed by atoms with Crippen LogP contribution in [0.3, 0.4) is 0 Å². The third-order valence-electron chi connectivity index (χ3n) is 5.90. The highest BCUT2D eigenvalue weighted by atomic mass is 32.2. The molecule has 20 heavy (non-hydrogen) atoms. The summed E-state index contributed by atoms with van der Waals surface area (Å²) in [5, 5.41) is -0.822. The first kappa shape index (κ1) is 14.5. The van der Waals surface area contributed by atoms with Gasteiger partial charge in [0.2, 0.25) is 10.0 Å². The van der Waals surface area contributed by atoms with Crippen LogP contribution in [0.15, 0.2) is 0 Å². The second-order valence-corrected chi connectivity index (χ2v) is 8.99. The quantitative estimate of drug-likeness (QED) is 0.760. The largest absolute Gasteiger partial charge is 0.379 e. The second-order valence-electron chi connectivity index (χ2n) is 6.94. The summed E-state index contributed by atoms with van der Waals surface area (Å²) in [6.45, 7) is 7.90. The fourth-order valence-corrected chi connectivity index (χ4v) is 6.56. The molecule has 2 bridgehead atoms. The first-order chi connectivity index (χ1) is 9.28. The van der Waals surface area contributed by atoms with Gasteiger partial charge in [0.1, 0.15) is 5.25 Å². The predicted octanol–water partition coefficient (Wildman–Crippen LogP) is 0.898. The lowest BCUT2D eigenvalue weighted by Crippen LogP contribution is -2.53. The van der Waals surface area contributed by atoms with Crippen molar-refractivity contribution in [2.24, 2.45) is 23.2 Å². The SMILES string of the molecule is C[C@H]1[C@H]2C[C@H]([C@H](S(=O)(=O)N3CCOCC3)C2=O)C1(C)C. The summed E-state index contributed by atoms with van der Waals surface area (Å²) in [6, 6.07) is 0. The Bertz CT molecular complexity index is 521. The van der Waals surface area contributed by atoms with E-state index in [1.54, 1.807) is 0 Å². The number of hydrogen-bond donors (Lipinski definition) is 0. The van der Waals surface area contributed by atoms with Crippen LogP contribution in [0.25, 0.3) is 0 Å². The van der Waals surface area contributed by atoms with E-state index in [1.807, 2.05) is 0 Å². The van der Waals surface area contributed by atoms with Crippen molar-refractivity contribution >= 4 is 15.8 Å². The lowest BCUT2D eigenvalue weighted by molar-refractivity contribution is -0.125. The molecule has 3 aliphatic rings. The standard InChI is InChI=1S/C14H23NO4S/c1-9-10-8-11(14(9,2)3)13(12(10)16)20(17,18)15-4-6-19-7-5-15/h9-11,13H,4-8H2,1-3H3/t9-,10+,11+,13-/m0/s1. The van der Waals surface area contributed by atoms with Crippen molar-refractivity contribution in [1.82, 2.24) is 4.31 Å². The van der Waals surface area contributed by atoms with Crippen LogP contribution in [0.1, 0.15) is 27.2 Å². The van der Waals surface area contributed by atoms with E-state index >= 15 is 0 Å². The maximum Gasteiger partial charge on any atom is 0.224 e. The molecule has 3 rings (SSSR count). The minimum absolute atomic E-state index is 0.0390. The van der Waals surface area contributed by atoms with Gasteiger partial charge >= 0.3 is 0 Å².